The lowest BCUT2D eigenvalue weighted by Gasteiger charge is -1.97. The molecular formula is C10H8N2O. The number of aromatic nitrogens is 2. The Morgan fingerprint density at radius 2 is 2.31 bits per heavy atom. The summed E-state index contributed by atoms with van der Waals surface area (Å²) in [5.74, 6) is 0. The number of nitrogens with one attached hydrogen (secondary N) is 1. The highest BCUT2D eigenvalue weighted by molar-refractivity contribution is 5.78. The van der Waals surface area contributed by atoms with E-state index >= 15 is 0 Å². The lowest BCUT2D eigenvalue weighted by Crippen LogP contribution is -2.02. The molecule has 64 valence electrons. The molecule has 0 saturated heterocycles. The standard InChI is InChI=1S/C10H8N2O/c1-2-8-5-9-7(6-11-8)3-4-10(13)12-9/h2-6H,1H2,(H,12,13). The lowest BCUT2D eigenvalue weighted by atomic mass is 10.2. The van der Waals surface area contributed by atoms with Crippen molar-refractivity contribution in [3.8, 4) is 0 Å². The fourth-order valence-electron chi connectivity index (χ4n) is 1.17. The smallest absolute Gasteiger partial charge is 0.248 e. The van der Waals surface area contributed by atoms with Gasteiger partial charge in [0.25, 0.3) is 0 Å². The third-order valence-corrected chi connectivity index (χ3v) is 1.84. The summed E-state index contributed by atoms with van der Waals surface area (Å²) in [4.78, 5) is 17.8. The largest absolute Gasteiger partial charge is 0.322 e. The highest BCUT2D eigenvalue weighted by atomic mass is 16.1. The van der Waals surface area contributed by atoms with Crippen LogP contribution in [0, 0.1) is 0 Å². The van der Waals surface area contributed by atoms with Crippen LogP contribution in [0.2, 0.25) is 0 Å². The van der Waals surface area contributed by atoms with E-state index in [2.05, 4.69) is 16.5 Å². The van der Waals surface area contributed by atoms with E-state index in [-0.39, 0.29) is 5.56 Å². The zero-order valence-electron chi connectivity index (χ0n) is 6.95. The van der Waals surface area contributed by atoms with Gasteiger partial charge in [-0.3, -0.25) is 9.78 Å². The van der Waals surface area contributed by atoms with Crippen LogP contribution in [0.25, 0.3) is 17.0 Å². The Bertz CT molecular complexity index is 514. The monoisotopic (exact) mass is 172 g/mol. The average molecular weight is 172 g/mol. The van der Waals surface area contributed by atoms with Crippen molar-refractivity contribution in [3.05, 3.63) is 47.0 Å². The number of rotatable bonds is 1. The van der Waals surface area contributed by atoms with Crippen molar-refractivity contribution in [1.29, 1.82) is 0 Å². The molecule has 0 aliphatic carbocycles. The van der Waals surface area contributed by atoms with E-state index in [1.807, 2.05) is 0 Å². The molecule has 13 heavy (non-hydrogen) atoms. The molecule has 0 saturated carbocycles. The molecule has 0 fully saturated rings. The second kappa shape index (κ2) is 2.86. The van der Waals surface area contributed by atoms with E-state index in [4.69, 9.17) is 0 Å². The van der Waals surface area contributed by atoms with E-state index in [1.165, 1.54) is 6.07 Å². The SMILES string of the molecule is C=Cc1cc2[nH]c(=O)ccc2cn1. The second-order valence-electron chi connectivity index (χ2n) is 2.72. The van der Waals surface area contributed by atoms with E-state index in [0.717, 1.165) is 16.6 Å². The van der Waals surface area contributed by atoms with Gasteiger partial charge in [0.2, 0.25) is 5.56 Å². The molecule has 0 spiro atoms. The minimum atomic E-state index is -0.103. The number of fused-ring (bicyclic) bond motifs is 1. The molecule has 2 aromatic rings. The first kappa shape index (κ1) is 7.73. The summed E-state index contributed by atoms with van der Waals surface area (Å²) in [6, 6.07) is 5.02. The molecule has 2 aromatic heterocycles. The van der Waals surface area contributed by atoms with Gasteiger partial charge < -0.3 is 4.98 Å². The van der Waals surface area contributed by atoms with Crippen molar-refractivity contribution in [2.45, 2.75) is 0 Å². The topological polar surface area (TPSA) is 45.8 Å². The predicted octanol–water partition coefficient (Wildman–Crippen LogP) is 1.57. The van der Waals surface area contributed by atoms with Crippen LogP contribution < -0.4 is 5.56 Å². The zero-order valence-corrected chi connectivity index (χ0v) is 6.95. The van der Waals surface area contributed by atoms with Crippen LogP contribution >= 0.6 is 0 Å². The molecule has 0 atom stereocenters. The fraction of sp³-hybridized carbons (Fsp3) is 0. The zero-order chi connectivity index (χ0) is 9.26. The Labute approximate surface area is 74.8 Å². The van der Waals surface area contributed by atoms with Gasteiger partial charge in [0, 0.05) is 17.6 Å². The summed E-state index contributed by atoms with van der Waals surface area (Å²) in [6.45, 7) is 3.61. The third kappa shape index (κ3) is 1.36. The molecule has 3 nitrogen and oxygen atoms in total. The molecule has 1 N–H and O–H groups in total. The normalized spacial score (nSPS) is 10.2. The molecule has 0 aliphatic heterocycles. The summed E-state index contributed by atoms with van der Waals surface area (Å²) >= 11 is 0. The minimum absolute atomic E-state index is 0.103. The van der Waals surface area contributed by atoms with Crippen LogP contribution in [0.3, 0.4) is 0 Å². The Kier molecular flexibility index (Phi) is 1.70. The molecule has 0 aliphatic rings. The molecule has 0 amide bonds. The predicted molar refractivity (Wildman–Crippen MR) is 52.5 cm³/mol. The number of hydrogen-bond acceptors (Lipinski definition) is 2. The molecular weight excluding hydrogens is 164 g/mol. The van der Waals surface area contributed by atoms with E-state index in [9.17, 15) is 4.79 Å². The first-order valence-electron chi connectivity index (χ1n) is 3.91. The van der Waals surface area contributed by atoms with Crippen LogP contribution in [-0.4, -0.2) is 9.97 Å². The first-order valence-corrected chi connectivity index (χ1v) is 3.91. The highest BCUT2D eigenvalue weighted by Gasteiger charge is 1.94. The molecule has 0 aromatic carbocycles. The molecule has 2 heterocycles. The highest BCUT2D eigenvalue weighted by Crippen LogP contribution is 2.09. The van der Waals surface area contributed by atoms with Gasteiger partial charge in [0.1, 0.15) is 0 Å². The number of nitrogens with zero attached hydrogens (tertiary/aromatic N) is 1. The number of pyridine rings is 2. The van der Waals surface area contributed by atoms with Gasteiger partial charge >= 0.3 is 0 Å². The van der Waals surface area contributed by atoms with Crippen molar-refractivity contribution in [2.75, 3.05) is 0 Å². The Balaban J connectivity index is 2.82. The number of aromatic amines is 1. The van der Waals surface area contributed by atoms with Crippen LogP contribution in [-0.2, 0) is 0 Å². The summed E-state index contributed by atoms with van der Waals surface area (Å²) in [7, 11) is 0. The van der Waals surface area contributed by atoms with E-state index in [0.29, 0.717) is 0 Å². The lowest BCUT2D eigenvalue weighted by molar-refractivity contribution is 1.26. The maximum Gasteiger partial charge on any atom is 0.248 e. The van der Waals surface area contributed by atoms with Crippen molar-refractivity contribution >= 4 is 17.0 Å². The molecule has 3 heteroatoms. The van der Waals surface area contributed by atoms with Crippen molar-refractivity contribution in [1.82, 2.24) is 9.97 Å². The Hall–Kier alpha value is -1.90. The van der Waals surface area contributed by atoms with Crippen LogP contribution in [0.15, 0.2) is 35.8 Å². The van der Waals surface area contributed by atoms with Gasteiger partial charge in [-0.1, -0.05) is 6.58 Å². The minimum Gasteiger partial charge on any atom is -0.322 e. The van der Waals surface area contributed by atoms with Gasteiger partial charge in [0.15, 0.2) is 0 Å². The summed E-state index contributed by atoms with van der Waals surface area (Å²) in [5.41, 5.74) is 1.44. The van der Waals surface area contributed by atoms with Gasteiger partial charge in [-0.15, -0.1) is 0 Å². The van der Waals surface area contributed by atoms with Crippen LogP contribution in [0.4, 0.5) is 0 Å². The van der Waals surface area contributed by atoms with Gasteiger partial charge in [-0.2, -0.15) is 0 Å². The average Bonchev–Trinajstić information content (AvgIpc) is 2.16. The number of hydrogen-bond donors (Lipinski definition) is 1. The van der Waals surface area contributed by atoms with Crippen LogP contribution in [0.5, 0.6) is 0 Å². The van der Waals surface area contributed by atoms with E-state index in [1.54, 1.807) is 24.4 Å². The number of H-pyrrole nitrogens is 1. The van der Waals surface area contributed by atoms with E-state index < -0.39 is 0 Å². The maximum absolute atomic E-state index is 11.0. The first-order chi connectivity index (χ1) is 6.29. The summed E-state index contributed by atoms with van der Waals surface area (Å²) in [5, 5.41) is 0.921. The molecule has 0 radical (unpaired) electrons. The fourth-order valence-corrected chi connectivity index (χ4v) is 1.17. The molecule has 0 bridgehead atoms. The summed E-state index contributed by atoms with van der Waals surface area (Å²) in [6.07, 6.45) is 3.35. The summed E-state index contributed by atoms with van der Waals surface area (Å²) < 4.78 is 0. The molecule has 0 unspecified atom stereocenters. The second-order valence-corrected chi connectivity index (χ2v) is 2.72. The van der Waals surface area contributed by atoms with Crippen molar-refractivity contribution < 1.29 is 0 Å². The van der Waals surface area contributed by atoms with Gasteiger partial charge in [-0.25, -0.2) is 0 Å². The van der Waals surface area contributed by atoms with Gasteiger partial charge in [0.05, 0.1) is 11.2 Å². The van der Waals surface area contributed by atoms with Crippen molar-refractivity contribution in [2.24, 2.45) is 0 Å². The Morgan fingerprint density at radius 1 is 1.46 bits per heavy atom. The van der Waals surface area contributed by atoms with Crippen LogP contribution in [0.1, 0.15) is 5.69 Å². The maximum atomic E-state index is 11.0. The quantitative estimate of drug-likeness (QED) is 0.709. The van der Waals surface area contributed by atoms with Gasteiger partial charge in [-0.05, 0) is 18.2 Å². The Morgan fingerprint density at radius 3 is 3.08 bits per heavy atom. The third-order valence-electron chi connectivity index (χ3n) is 1.84. The van der Waals surface area contributed by atoms with Crippen molar-refractivity contribution in [3.63, 3.8) is 0 Å². The molecule has 2 rings (SSSR count).